The van der Waals surface area contributed by atoms with E-state index in [1.807, 2.05) is 0 Å². The van der Waals surface area contributed by atoms with Crippen molar-refractivity contribution in [3.63, 3.8) is 0 Å². The van der Waals surface area contributed by atoms with E-state index in [-0.39, 0.29) is 5.57 Å². The summed E-state index contributed by atoms with van der Waals surface area (Å²) in [5, 5.41) is 6.62. The van der Waals surface area contributed by atoms with Gasteiger partial charge in [0.15, 0.2) is 0 Å². The standard InChI is InChI=1S/C7H11NO3S/c1-5(7(9)11-3)6(10-2)4-12-8/h4H,1,8H2,2-3H3/b6-4+. The Bertz CT molecular complexity index is 213. The minimum Gasteiger partial charge on any atom is -0.495 e. The second-order valence-corrected chi connectivity index (χ2v) is 2.30. The van der Waals surface area contributed by atoms with Crippen molar-refractivity contribution in [3.05, 3.63) is 23.3 Å². The predicted molar refractivity (Wildman–Crippen MR) is 48.0 cm³/mol. The first-order chi connectivity index (χ1) is 5.67. The van der Waals surface area contributed by atoms with E-state index < -0.39 is 5.97 Å². The van der Waals surface area contributed by atoms with Crippen LogP contribution in [0.15, 0.2) is 23.3 Å². The molecule has 0 aromatic carbocycles. The molecule has 0 aliphatic carbocycles. The second-order valence-electron chi connectivity index (χ2n) is 1.79. The maximum absolute atomic E-state index is 10.9. The minimum absolute atomic E-state index is 0.151. The van der Waals surface area contributed by atoms with Crippen LogP contribution < -0.4 is 5.14 Å². The maximum atomic E-state index is 10.9. The number of hydrogen-bond donors (Lipinski definition) is 1. The van der Waals surface area contributed by atoms with Gasteiger partial charge in [-0.2, -0.15) is 0 Å². The maximum Gasteiger partial charge on any atom is 0.341 e. The van der Waals surface area contributed by atoms with Crippen LogP contribution >= 0.6 is 11.9 Å². The van der Waals surface area contributed by atoms with Crippen molar-refractivity contribution in [1.29, 1.82) is 0 Å². The summed E-state index contributed by atoms with van der Waals surface area (Å²) in [6.45, 7) is 3.48. The summed E-state index contributed by atoms with van der Waals surface area (Å²) < 4.78 is 9.27. The van der Waals surface area contributed by atoms with Gasteiger partial charge in [-0.25, -0.2) is 4.79 Å². The molecule has 12 heavy (non-hydrogen) atoms. The molecule has 68 valence electrons. The van der Waals surface area contributed by atoms with Gasteiger partial charge in [-0.05, 0) is 0 Å². The van der Waals surface area contributed by atoms with Gasteiger partial charge in [0.05, 0.1) is 19.8 Å². The van der Waals surface area contributed by atoms with E-state index in [0.29, 0.717) is 5.76 Å². The molecule has 0 fully saturated rings. The lowest BCUT2D eigenvalue weighted by molar-refractivity contribution is -0.136. The lowest BCUT2D eigenvalue weighted by atomic mass is 10.3. The van der Waals surface area contributed by atoms with Crippen LogP contribution in [0.4, 0.5) is 0 Å². The van der Waals surface area contributed by atoms with Gasteiger partial charge in [0, 0.05) is 5.41 Å². The zero-order chi connectivity index (χ0) is 9.56. The molecule has 0 spiro atoms. The average molecular weight is 189 g/mol. The molecule has 5 heteroatoms. The van der Waals surface area contributed by atoms with E-state index in [1.54, 1.807) is 0 Å². The normalized spacial score (nSPS) is 10.8. The highest BCUT2D eigenvalue weighted by atomic mass is 32.2. The number of hydrogen-bond acceptors (Lipinski definition) is 5. The first kappa shape index (κ1) is 11.1. The van der Waals surface area contributed by atoms with Gasteiger partial charge in [0.25, 0.3) is 0 Å². The average Bonchev–Trinajstić information content (AvgIpc) is 2.11. The molecule has 0 aromatic rings. The quantitative estimate of drug-likeness (QED) is 0.233. The van der Waals surface area contributed by atoms with Crippen LogP contribution in [0.2, 0.25) is 0 Å². The van der Waals surface area contributed by atoms with Gasteiger partial charge < -0.3 is 9.47 Å². The van der Waals surface area contributed by atoms with Crippen LogP contribution in [0.25, 0.3) is 0 Å². The Balaban J connectivity index is 4.43. The number of ether oxygens (including phenoxy) is 2. The summed E-state index contributed by atoms with van der Waals surface area (Å²) >= 11 is 0.935. The van der Waals surface area contributed by atoms with E-state index in [4.69, 9.17) is 9.88 Å². The first-order valence-electron chi connectivity index (χ1n) is 3.04. The molecule has 0 saturated heterocycles. The van der Waals surface area contributed by atoms with Crippen molar-refractivity contribution in [1.82, 2.24) is 0 Å². The molecule has 0 bridgehead atoms. The highest BCUT2D eigenvalue weighted by Gasteiger charge is 2.12. The van der Waals surface area contributed by atoms with E-state index in [1.165, 1.54) is 19.6 Å². The topological polar surface area (TPSA) is 61.5 Å². The van der Waals surface area contributed by atoms with Gasteiger partial charge in [-0.15, -0.1) is 0 Å². The van der Waals surface area contributed by atoms with Gasteiger partial charge >= 0.3 is 5.97 Å². The minimum atomic E-state index is -0.530. The van der Waals surface area contributed by atoms with Gasteiger partial charge in [-0.3, -0.25) is 5.14 Å². The molecule has 0 aromatic heterocycles. The molecular formula is C7H11NO3S. The fourth-order valence-corrected chi connectivity index (χ4v) is 0.890. The summed E-state index contributed by atoms with van der Waals surface area (Å²) in [4.78, 5) is 10.9. The summed E-state index contributed by atoms with van der Waals surface area (Å²) in [5.74, 6) is -0.216. The van der Waals surface area contributed by atoms with Crippen LogP contribution in [0.3, 0.4) is 0 Å². The largest absolute Gasteiger partial charge is 0.495 e. The summed E-state index contributed by atoms with van der Waals surface area (Å²) in [6, 6.07) is 0. The summed E-state index contributed by atoms with van der Waals surface area (Å²) in [6.07, 6.45) is 0. The number of esters is 1. The Morgan fingerprint density at radius 3 is 2.42 bits per heavy atom. The van der Waals surface area contributed by atoms with Gasteiger partial charge in [0.2, 0.25) is 0 Å². The molecule has 0 atom stereocenters. The summed E-state index contributed by atoms with van der Waals surface area (Å²) in [5.41, 5.74) is 0.151. The van der Waals surface area contributed by atoms with Gasteiger partial charge in [0.1, 0.15) is 5.76 Å². The molecule has 0 saturated carbocycles. The highest BCUT2D eigenvalue weighted by Crippen LogP contribution is 2.12. The molecule has 0 unspecified atom stereocenters. The lowest BCUT2D eigenvalue weighted by Gasteiger charge is -2.06. The van der Waals surface area contributed by atoms with E-state index in [2.05, 4.69) is 11.3 Å². The summed E-state index contributed by atoms with van der Waals surface area (Å²) in [7, 11) is 2.70. The lowest BCUT2D eigenvalue weighted by Crippen LogP contribution is -2.07. The Morgan fingerprint density at radius 1 is 1.50 bits per heavy atom. The first-order valence-corrected chi connectivity index (χ1v) is 3.99. The zero-order valence-corrected chi connectivity index (χ0v) is 7.81. The van der Waals surface area contributed by atoms with Crippen molar-refractivity contribution < 1.29 is 14.3 Å². The van der Waals surface area contributed by atoms with Crippen molar-refractivity contribution in [2.45, 2.75) is 0 Å². The third-order valence-corrected chi connectivity index (χ3v) is 1.47. The Hall–Kier alpha value is -0.940. The number of methoxy groups -OCH3 is 2. The Morgan fingerprint density at radius 2 is 2.08 bits per heavy atom. The van der Waals surface area contributed by atoms with Crippen LogP contribution in [0.1, 0.15) is 0 Å². The number of rotatable bonds is 4. The molecule has 0 heterocycles. The van der Waals surface area contributed by atoms with Crippen molar-refractivity contribution in [2.24, 2.45) is 5.14 Å². The SMILES string of the molecule is C=C(C(=O)OC)/C(=C\SN)OC. The molecular weight excluding hydrogens is 178 g/mol. The van der Waals surface area contributed by atoms with Crippen molar-refractivity contribution in [3.8, 4) is 0 Å². The Labute approximate surface area is 75.5 Å². The van der Waals surface area contributed by atoms with E-state index in [9.17, 15) is 4.79 Å². The monoisotopic (exact) mass is 189 g/mol. The second kappa shape index (κ2) is 5.68. The fourth-order valence-electron chi connectivity index (χ4n) is 0.528. The van der Waals surface area contributed by atoms with Crippen LogP contribution in [-0.2, 0) is 14.3 Å². The molecule has 2 N–H and O–H groups in total. The van der Waals surface area contributed by atoms with E-state index in [0.717, 1.165) is 11.9 Å². The van der Waals surface area contributed by atoms with Crippen LogP contribution in [-0.4, -0.2) is 20.2 Å². The third kappa shape index (κ3) is 2.98. The van der Waals surface area contributed by atoms with Gasteiger partial charge in [-0.1, -0.05) is 18.5 Å². The molecule has 0 rings (SSSR count). The highest BCUT2D eigenvalue weighted by molar-refractivity contribution is 8.00. The van der Waals surface area contributed by atoms with Crippen molar-refractivity contribution in [2.75, 3.05) is 14.2 Å². The fraction of sp³-hybridized carbons (Fsp3) is 0.286. The van der Waals surface area contributed by atoms with Crippen LogP contribution in [0, 0.1) is 0 Å². The molecule has 4 nitrogen and oxygen atoms in total. The third-order valence-electron chi connectivity index (χ3n) is 1.12. The number of carbonyl (C=O) groups is 1. The number of carbonyl (C=O) groups excluding carboxylic acids is 1. The zero-order valence-electron chi connectivity index (χ0n) is 6.99. The molecule has 0 aliphatic heterocycles. The molecule has 0 aliphatic rings. The smallest absolute Gasteiger partial charge is 0.341 e. The van der Waals surface area contributed by atoms with E-state index >= 15 is 0 Å². The van der Waals surface area contributed by atoms with Crippen LogP contribution in [0.5, 0.6) is 0 Å². The molecule has 0 amide bonds. The number of nitrogens with two attached hydrogens (primary N) is 1. The predicted octanol–water partition coefficient (Wildman–Crippen LogP) is 0.810. The Kier molecular flexibility index (Phi) is 5.23. The van der Waals surface area contributed by atoms with Crippen molar-refractivity contribution >= 4 is 17.9 Å². The molecule has 0 radical (unpaired) electrons.